The molecule has 6 nitrogen and oxygen atoms in total. The Labute approximate surface area is 187 Å². The molecular weight excluding hydrogens is 407 g/mol. The molecule has 2 aromatic carbocycles. The van der Waals surface area contributed by atoms with E-state index in [-0.39, 0.29) is 35.8 Å². The smallest absolute Gasteiger partial charge is 0.275 e. The van der Waals surface area contributed by atoms with E-state index in [1.54, 1.807) is 18.2 Å². The summed E-state index contributed by atoms with van der Waals surface area (Å²) in [6, 6.07) is 14.1. The third kappa shape index (κ3) is 4.43. The van der Waals surface area contributed by atoms with Gasteiger partial charge in [0.15, 0.2) is 0 Å². The van der Waals surface area contributed by atoms with E-state index in [0.29, 0.717) is 37.1 Å². The van der Waals surface area contributed by atoms with Crippen molar-refractivity contribution in [2.45, 2.75) is 39.9 Å². The van der Waals surface area contributed by atoms with Crippen LogP contribution >= 0.6 is 0 Å². The number of piperazine rings is 1. The van der Waals surface area contributed by atoms with Gasteiger partial charge >= 0.3 is 0 Å². The number of hydrogen-bond donors (Lipinski definition) is 0. The van der Waals surface area contributed by atoms with Crippen LogP contribution in [0.4, 0.5) is 4.39 Å². The third-order valence-electron chi connectivity index (χ3n) is 6.28. The summed E-state index contributed by atoms with van der Waals surface area (Å²) < 4.78 is 15.4. The molecule has 3 aromatic rings. The van der Waals surface area contributed by atoms with Gasteiger partial charge in [0.1, 0.15) is 12.4 Å². The van der Waals surface area contributed by atoms with E-state index in [4.69, 9.17) is 0 Å². The van der Waals surface area contributed by atoms with Gasteiger partial charge in [-0.1, -0.05) is 50.2 Å². The van der Waals surface area contributed by atoms with Gasteiger partial charge in [0.05, 0.1) is 11.1 Å². The van der Waals surface area contributed by atoms with E-state index in [0.717, 1.165) is 11.1 Å². The molecule has 1 aromatic heterocycles. The van der Waals surface area contributed by atoms with Crippen molar-refractivity contribution < 1.29 is 9.18 Å². The predicted octanol–water partition coefficient (Wildman–Crippen LogP) is 3.21. The lowest BCUT2D eigenvalue weighted by atomic mass is 9.99. The summed E-state index contributed by atoms with van der Waals surface area (Å²) in [5.41, 5.74) is 1.14. The van der Waals surface area contributed by atoms with Crippen LogP contribution in [-0.2, 0) is 17.9 Å². The van der Waals surface area contributed by atoms with Crippen LogP contribution in [0.3, 0.4) is 0 Å². The van der Waals surface area contributed by atoms with Crippen molar-refractivity contribution in [2.75, 3.05) is 19.6 Å². The summed E-state index contributed by atoms with van der Waals surface area (Å²) in [5.74, 6) is -0.0897. The molecule has 0 N–H and O–H groups in total. The second kappa shape index (κ2) is 9.20. The van der Waals surface area contributed by atoms with Gasteiger partial charge in [0.2, 0.25) is 5.91 Å². The molecular formula is C25H29FN4O2. The molecule has 1 aliphatic rings. The molecule has 0 bridgehead atoms. The summed E-state index contributed by atoms with van der Waals surface area (Å²) in [5, 5.41) is 5.77. The fourth-order valence-corrected chi connectivity index (χ4v) is 4.49. The third-order valence-corrected chi connectivity index (χ3v) is 6.28. The van der Waals surface area contributed by atoms with Crippen molar-refractivity contribution in [3.05, 3.63) is 76.0 Å². The fraction of sp³-hybridized carbons (Fsp3) is 0.400. The second-order valence-electron chi connectivity index (χ2n) is 8.82. The zero-order valence-corrected chi connectivity index (χ0v) is 18.8. The maximum atomic E-state index is 14.1. The number of rotatable bonds is 5. The first-order chi connectivity index (χ1) is 15.3. The Bertz CT molecular complexity index is 1190. The normalized spacial score (nSPS) is 17.3. The van der Waals surface area contributed by atoms with E-state index in [1.807, 2.05) is 36.1 Å². The molecule has 0 unspecified atom stereocenters. The van der Waals surface area contributed by atoms with Gasteiger partial charge in [-0.25, -0.2) is 9.07 Å². The Balaban J connectivity index is 1.51. The molecule has 1 atom stereocenters. The molecule has 7 heteroatoms. The van der Waals surface area contributed by atoms with Crippen molar-refractivity contribution >= 4 is 16.7 Å². The molecule has 0 radical (unpaired) electrons. The largest absolute Gasteiger partial charge is 0.335 e. The van der Waals surface area contributed by atoms with Crippen LogP contribution < -0.4 is 5.56 Å². The van der Waals surface area contributed by atoms with Gasteiger partial charge in [-0.15, -0.1) is 0 Å². The van der Waals surface area contributed by atoms with Gasteiger partial charge in [0, 0.05) is 43.2 Å². The van der Waals surface area contributed by atoms with E-state index < -0.39 is 0 Å². The number of amides is 1. The van der Waals surface area contributed by atoms with Crippen molar-refractivity contribution in [1.29, 1.82) is 0 Å². The highest BCUT2D eigenvalue weighted by atomic mass is 19.1. The van der Waals surface area contributed by atoms with Gasteiger partial charge in [0.25, 0.3) is 5.56 Å². The average Bonchev–Trinajstić information content (AvgIpc) is 2.78. The molecule has 168 valence electrons. The van der Waals surface area contributed by atoms with Crippen molar-refractivity contribution in [2.24, 2.45) is 5.92 Å². The summed E-state index contributed by atoms with van der Waals surface area (Å²) in [6.07, 6.45) is 0. The summed E-state index contributed by atoms with van der Waals surface area (Å²) in [6.45, 7) is 8.31. The van der Waals surface area contributed by atoms with Crippen molar-refractivity contribution in [3.63, 3.8) is 0 Å². The van der Waals surface area contributed by atoms with Crippen LogP contribution in [0.1, 0.15) is 25.1 Å². The van der Waals surface area contributed by atoms with Gasteiger partial charge < -0.3 is 4.90 Å². The SMILES string of the molecule is Cc1nn(CC(=O)N2CCN(Cc3ccccc3F)C[C@@H]2C(C)C)c(=O)c2ccccc12. The zero-order valence-electron chi connectivity index (χ0n) is 18.8. The summed E-state index contributed by atoms with van der Waals surface area (Å²) in [7, 11) is 0. The quantitative estimate of drug-likeness (QED) is 0.616. The predicted molar refractivity (Wildman–Crippen MR) is 123 cm³/mol. The average molecular weight is 437 g/mol. The first kappa shape index (κ1) is 22.1. The number of aromatic nitrogens is 2. The lowest BCUT2D eigenvalue weighted by Crippen LogP contribution is -2.57. The molecule has 1 fully saturated rings. The fourth-order valence-electron chi connectivity index (χ4n) is 4.49. The number of aryl methyl sites for hydroxylation is 1. The lowest BCUT2D eigenvalue weighted by Gasteiger charge is -2.43. The second-order valence-corrected chi connectivity index (χ2v) is 8.82. The zero-order chi connectivity index (χ0) is 22.8. The molecule has 32 heavy (non-hydrogen) atoms. The molecule has 0 saturated carbocycles. The van der Waals surface area contributed by atoms with E-state index in [2.05, 4.69) is 23.8 Å². The van der Waals surface area contributed by atoms with Gasteiger partial charge in [-0.3, -0.25) is 14.5 Å². The Kier molecular flexibility index (Phi) is 6.37. The van der Waals surface area contributed by atoms with Crippen LogP contribution in [0, 0.1) is 18.7 Å². The Morgan fingerprint density at radius 1 is 1.09 bits per heavy atom. The highest BCUT2D eigenvalue weighted by Gasteiger charge is 2.33. The number of carbonyl (C=O) groups excluding carboxylic acids is 1. The Hall–Kier alpha value is -3.06. The maximum Gasteiger partial charge on any atom is 0.275 e. The standard InChI is InChI=1S/C25H29FN4O2/c1-17(2)23-15-28(14-19-8-4-7-11-22(19)26)12-13-29(23)24(31)16-30-25(32)21-10-6-5-9-20(21)18(3)27-30/h4-11,17,23H,12-16H2,1-3H3/t23-/m1/s1. The highest BCUT2D eigenvalue weighted by molar-refractivity contribution is 5.83. The minimum atomic E-state index is -0.251. The van der Waals surface area contributed by atoms with Gasteiger partial charge in [-0.2, -0.15) is 5.10 Å². The molecule has 0 spiro atoms. The highest BCUT2D eigenvalue weighted by Crippen LogP contribution is 2.21. The first-order valence-corrected chi connectivity index (χ1v) is 11.1. The Morgan fingerprint density at radius 2 is 1.78 bits per heavy atom. The topological polar surface area (TPSA) is 58.4 Å². The molecule has 2 heterocycles. The van der Waals surface area contributed by atoms with Crippen molar-refractivity contribution in [1.82, 2.24) is 19.6 Å². The summed E-state index contributed by atoms with van der Waals surface area (Å²) >= 11 is 0. The number of halogens is 1. The molecule has 1 saturated heterocycles. The van der Waals surface area contributed by atoms with E-state index in [1.165, 1.54) is 10.7 Å². The van der Waals surface area contributed by atoms with Crippen LogP contribution in [0.15, 0.2) is 53.3 Å². The van der Waals surface area contributed by atoms with Crippen molar-refractivity contribution in [3.8, 4) is 0 Å². The summed E-state index contributed by atoms with van der Waals surface area (Å²) in [4.78, 5) is 30.2. The first-order valence-electron chi connectivity index (χ1n) is 11.1. The maximum absolute atomic E-state index is 14.1. The monoisotopic (exact) mass is 436 g/mol. The van der Waals surface area contributed by atoms with E-state index in [9.17, 15) is 14.0 Å². The number of fused-ring (bicyclic) bond motifs is 1. The van der Waals surface area contributed by atoms with E-state index >= 15 is 0 Å². The molecule has 0 aliphatic carbocycles. The van der Waals surface area contributed by atoms with Crippen LogP contribution in [0.25, 0.3) is 10.8 Å². The lowest BCUT2D eigenvalue weighted by molar-refractivity contribution is -0.138. The van der Waals surface area contributed by atoms with Crippen LogP contribution in [0.2, 0.25) is 0 Å². The number of carbonyl (C=O) groups is 1. The molecule has 1 aliphatic heterocycles. The Morgan fingerprint density at radius 3 is 2.50 bits per heavy atom. The van der Waals surface area contributed by atoms with Crippen LogP contribution in [-0.4, -0.2) is 51.2 Å². The number of hydrogen-bond acceptors (Lipinski definition) is 4. The van der Waals surface area contributed by atoms with Gasteiger partial charge in [-0.05, 0) is 25.0 Å². The molecule has 1 amide bonds. The number of benzene rings is 2. The molecule has 4 rings (SSSR count). The van der Waals surface area contributed by atoms with Crippen LogP contribution in [0.5, 0.6) is 0 Å². The minimum Gasteiger partial charge on any atom is -0.335 e. The number of nitrogens with zero attached hydrogens (tertiary/aromatic N) is 4. The minimum absolute atomic E-state index is 0.0136.